The van der Waals surface area contributed by atoms with E-state index in [0.717, 1.165) is 36.9 Å². The molecule has 4 nitrogen and oxygen atoms in total. The molecule has 112 valence electrons. The molecule has 3 rings (SSSR count). The monoisotopic (exact) mass is 302 g/mol. The van der Waals surface area contributed by atoms with Crippen LogP contribution in [0.1, 0.15) is 5.69 Å². The Kier molecular flexibility index (Phi) is 4.65. The van der Waals surface area contributed by atoms with Gasteiger partial charge in [-0.3, -0.25) is 4.90 Å². The number of nitrogens with zero attached hydrogens (tertiary/aromatic N) is 3. The van der Waals surface area contributed by atoms with Crippen molar-refractivity contribution in [3.63, 3.8) is 0 Å². The van der Waals surface area contributed by atoms with E-state index in [-0.39, 0.29) is 0 Å². The van der Waals surface area contributed by atoms with E-state index in [1.165, 1.54) is 5.56 Å². The van der Waals surface area contributed by atoms with E-state index in [0.29, 0.717) is 12.6 Å². The highest BCUT2D eigenvalue weighted by atomic mass is 32.1. The SMILES string of the molecule is CN1CCN(Cc2csc(-c3ccccc3)n2)C(CN)C1. The molecule has 1 aromatic heterocycles. The lowest BCUT2D eigenvalue weighted by molar-refractivity contribution is 0.0872. The Hall–Kier alpha value is -1.27. The van der Waals surface area contributed by atoms with Crippen molar-refractivity contribution < 1.29 is 0 Å². The molecule has 0 amide bonds. The molecule has 0 aliphatic carbocycles. The summed E-state index contributed by atoms with van der Waals surface area (Å²) in [6.45, 7) is 4.83. The highest BCUT2D eigenvalue weighted by Gasteiger charge is 2.24. The molecule has 0 spiro atoms. The van der Waals surface area contributed by atoms with E-state index in [4.69, 9.17) is 10.7 Å². The number of hydrogen-bond acceptors (Lipinski definition) is 5. The van der Waals surface area contributed by atoms with Crippen LogP contribution in [0, 0.1) is 0 Å². The topological polar surface area (TPSA) is 45.4 Å². The van der Waals surface area contributed by atoms with Crippen molar-refractivity contribution in [2.75, 3.05) is 33.2 Å². The third-order valence-corrected chi connectivity index (χ3v) is 4.96. The van der Waals surface area contributed by atoms with Gasteiger partial charge in [-0.1, -0.05) is 30.3 Å². The summed E-state index contributed by atoms with van der Waals surface area (Å²) in [4.78, 5) is 9.60. The molecule has 1 aliphatic heterocycles. The summed E-state index contributed by atoms with van der Waals surface area (Å²) in [6.07, 6.45) is 0. The van der Waals surface area contributed by atoms with E-state index in [9.17, 15) is 0 Å². The Labute approximate surface area is 130 Å². The summed E-state index contributed by atoms with van der Waals surface area (Å²) in [6, 6.07) is 10.8. The van der Waals surface area contributed by atoms with Gasteiger partial charge in [-0.15, -0.1) is 11.3 Å². The van der Waals surface area contributed by atoms with Gasteiger partial charge in [0.05, 0.1) is 5.69 Å². The number of likely N-dealkylation sites (N-methyl/N-ethyl adjacent to an activating group) is 1. The number of nitrogens with two attached hydrogens (primary N) is 1. The van der Waals surface area contributed by atoms with Gasteiger partial charge in [0.1, 0.15) is 5.01 Å². The molecule has 1 fully saturated rings. The highest BCUT2D eigenvalue weighted by molar-refractivity contribution is 7.13. The molecule has 0 radical (unpaired) electrons. The van der Waals surface area contributed by atoms with E-state index < -0.39 is 0 Å². The molecule has 0 bridgehead atoms. The Balaban J connectivity index is 1.69. The predicted molar refractivity (Wildman–Crippen MR) is 88.3 cm³/mol. The van der Waals surface area contributed by atoms with Crippen LogP contribution in [0.25, 0.3) is 10.6 Å². The molecule has 2 heterocycles. The first-order valence-corrected chi connectivity index (χ1v) is 8.26. The van der Waals surface area contributed by atoms with Crippen molar-refractivity contribution in [2.24, 2.45) is 5.73 Å². The molecule has 2 aromatic rings. The zero-order valence-electron chi connectivity index (χ0n) is 12.4. The first-order chi connectivity index (χ1) is 10.3. The second-order valence-corrected chi connectivity index (χ2v) is 6.49. The van der Waals surface area contributed by atoms with Gasteiger partial charge in [-0.2, -0.15) is 0 Å². The fraction of sp³-hybridized carbons (Fsp3) is 0.438. The minimum atomic E-state index is 0.436. The van der Waals surface area contributed by atoms with Crippen molar-refractivity contribution in [1.82, 2.24) is 14.8 Å². The van der Waals surface area contributed by atoms with Crippen LogP contribution in [0.4, 0.5) is 0 Å². The van der Waals surface area contributed by atoms with Crippen LogP contribution in [-0.4, -0.2) is 54.1 Å². The number of piperazine rings is 1. The van der Waals surface area contributed by atoms with Gasteiger partial charge in [0.2, 0.25) is 0 Å². The molecule has 5 heteroatoms. The largest absolute Gasteiger partial charge is 0.329 e. The van der Waals surface area contributed by atoms with E-state index >= 15 is 0 Å². The Morgan fingerprint density at radius 3 is 2.86 bits per heavy atom. The summed E-state index contributed by atoms with van der Waals surface area (Å²) < 4.78 is 0. The van der Waals surface area contributed by atoms with Gasteiger partial charge < -0.3 is 10.6 Å². The van der Waals surface area contributed by atoms with Gasteiger partial charge >= 0.3 is 0 Å². The third-order valence-electron chi connectivity index (χ3n) is 4.02. The van der Waals surface area contributed by atoms with Crippen molar-refractivity contribution in [3.05, 3.63) is 41.4 Å². The zero-order valence-corrected chi connectivity index (χ0v) is 13.2. The molecule has 1 aliphatic rings. The first-order valence-electron chi connectivity index (χ1n) is 7.39. The smallest absolute Gasteiger partial charge is 0.123 e. The predicted octanol–water partition coefficient (Wildman–Crippen LogP) is 1.88. The van der Waals surface area contributed by atoms with Crippen LogP contribution in [-0.2, 0) is 6.54 Å². The summed E-state index contributed by atoms with van der Waals surface area (Å²) in [7, 11) is 2.16. The summed E-state index contributed by atoms with van der Waals surface area (Å²) in [5.41, 5.74) is 8.27. The summed E-state index contributed by atoms with van der Waals surface area (Å²) in [5.74, 6) is 0. The molecule has 0 saturated carbocycles. The molecule has 1 aromatic carbocycles. The van der Waals surface area contributed by atoms with E-state index in [1.807, 2.05) is 6.07 Å². The van der Waals surface area contributed by atoms with Gasteiger partial charge in [0.25, 0.3) is 0 Å². The van der Waals surface area contributed by atoms with Crippen molar-refractivity contribution in [1.29, 1.82) is 0 Å². The van der Waals surface area contributed by atoms with Gasteiger partial charge in [0, 0.05) is 49.7 Å². The average molecular weight is 302 g/mol. The van der Waals surface area contributed by atoms with Gasteiger partial charge in [-0.05, 0) is 7.05 Å². The fourth-order valence-electron chi connectivity index (χ4n) is 2.78. The van der Waals surface area contributed by atoms with E-state index in [1.54, 1.807) is 11.3 Å². The quantitative estimate of drug-likeness (QED) is 0.937. The lowest BCUT2D eigenvalue weighted by Gasteiger charge is -2.39. The maximum absolute atomic E-state index is 5.92. The molecule has 1 unspecified atom stereocenters. The highest BCUT2D eigenvalue weighted by Crippen LogP contribution is 2.24. The zero-order chi connectivity index (χ0) is 14.7. The summed E-state index contributed by atoms with van der Waals surface area (Å²) >= 11 is 1.72. The Morgan fingerprint density at radius 1 is 1.29 bits per heavy atom. The molecular formula is C16H22N4S. The lowest BCUT2D eigenvalue weighted by Crippen LogP contribution is -2.54. The molecule has 1 saturated heterocycles. The van der Waals surface area contributed by atoms with Crippen LogP contribution in [0.5, 0.6) is 0 Å². The standard InChI is InChI=1S/C16H22N4S/c1-19-7-8-20(15(9-17)11-19)10-14-12-21-16(18-14)13-5-3-2-4-6-13/h2-6,12,15H,7-11,17H2,1H3. The second-order valence-electron chi connectivity index (χ2n) is 5.63. The minimum Gasteiger partial charge on any atom is -0.329 e. The number of aromatic nitrogens is 1. The second kappa shape index (κ2) is 6.66. The van der Waals surface area contributed by atoms with Crippen molar-refractivity contribution >= 4 is 11.3 Å². The number of thiazole rings is 1. The van der Waals surface area contributed by atoms with Crippen molar-refractivity contribution in [3.8, 4) is 10.6 Å². The normalized spacial score (nSPS) is 20.8. The number of hydrogen-bond donors (Lipinski definition) is 1. The van der Waals surface area contributed by atoms with Crippen LogP contribution >= 0.6 is 11.3 Å². The number of benzene rings is 1. The van der Waals surface area contributed by atoms with Crippen LogP contribution < -0.4 is 5.73 Å². The van der Waals surface area contributed by atoms with E-state index in [2.05, 4.69) is 46.5 Å². The average Bonchev–Trinajstić information content (AvgIpc) is 2.98. The van der Waals surface area contributed by atoms with Crippen LogP contribution in [0.3, 0.4) is 0 Å². The Morgan fingerprint density at radius 2 is 2.10 bits per heavy atom. The minimum absolute atomic E-state index is 0.436. The van der Waals surface area contributed by atoms with Crippen LogP contribution in [0.2, 0.25) is 0 Å². The molecule has 21 heavy (non-hydrogen) atoms. The van der Waals surface area contributed by atoms with Crippen LogP contribution in [0.15, 0.2) is 35.7 Å². The van der Waals surface area contributed by atoms with Crippen molar-refractivity contribution in [2.45, 2.75) is 12.6 Å². The fourth-order valence-corrected chi connectivity index (χ4v) is 3.60. The lowest BCUT2D eigenvalue weighted by atomic mass is 10.1. The molecule has 2 N–H and O–H groups in total. The molecule has 1 atom stereocenters. The first kappa shape index (κ1) is 14.7. The maximum Gasteiger partial charge on any atom is 0.123 e. The third kappa shape index (κ3) is 3.49. The van der Waals surface area contributed by atoms with Gasteiger partial charge in [-0.25, -0.2) is 4.98 Å². The maximum atomic E-state index is 5.92. The van der Waals surface area contributed by atoms with Gasteiger partial charge in [0.15, 0.2) is 0 Å². The molecular weight excluding hydrogens is 280 g/mol. The number of rotatable bonds is 4. The summed E-state index contributed by atoms with van der Waals surface area (Å²) in [5, 5.41) is 3.28. The Bertz CT molecular complexity index is 569.